The van der Waals surface area contributed by atoms with Gasteiger partial charge in [-0.15, -0.1) is 0 Å². The Morgan fingerprint density at radius 3 is 1.65 bits per heavy atom. The van der Waals surface area contributed by atoms with E-state index in [-0.39, 0.29) is 0 Å². The van der Waals surface area contributed by atoms with E-state index in [1.165, 1.54) is 0 Å². The van der Waals surface area contributed by atoms with Crippen LogP contribution in [0.4, 0.5) is 0 Å². The molecule has 0 radical (unpaired) electrons. The van der Waals surface area contributed by atoms with Crippen molar-refractivity contribution in [1.29, 1.82) is 0 Å². The molecule has 0 spiro atoms. The molecule has 0 aliphatic heterocycles. The molecule has 0 heterocycles. The number of hydrogen-bond donors (Lipinski definition) is 0. The van der Waals surface area contributed by atoms with Crippen LogP contribution >= 0.6 is 0 Å². The van der Waals surface area contributed by atoms with E-state index in [1.54, 1.807) is 11.7 Å². The molecule has 2 rings (SSSR count). The lowest BCUT2D eigenvalue weighted by atomic mass is 10.00. The van der Waals surface area contributed by atoms with Crippen LogP contribution in [0.2, 0.25) is 0 Å². The smallest absolute Gasteiger partial charge is 0.0431 e. The monoisotopic (exact) mass is 242 g/mol. The summed E-state index contributed by atoms with van der Waals surface area (Å²) in [6.45, 7) is 0. The quantitative estimate of drug-likeness (QED) is 0.805. The Balaban J connectivity index is 2.51. The van der Waals surface area contributed by atoms with Crippen LogP contribution in [0.25, 0.3) is 5.57 Å². The zero-order chi connectivity index (χ0) is 12.1. The van der Waals surface area contributed by atoms with Crippen molar-refractivity contribution in [1.82, 2.24) is 0 Å². The van der Waals surface area contributed by atoms with Crippen LogP contribution in [0, 0.1) is 0 Å². The lowest BCUT2D eigenvalue weighted by Gasteiger charge is -2.07. The summed E-state index contributed by atoms with van der Waals surface area (Å²) in [5, 5.41) is 1.80. The van der Waals surface area contributed by atoms with E-state index >= 15 is 0 Å². The van der Waals surface area contributed by atoms with Gasteiger partial charge in [0.2, 0.25) is 0 Å². The average Bonchev–Trinajstić information content (AvgIpc) is 2.38. The van der Waals surface area contributed by atoms with Gasteiger partial charge in [0, 0.05) is 22.5 Å². The van der Waals surface area contributed by atoms with Crippen molar-refractivity contribution in [3.63, 3.8) is 0 Å². The topological polar surface area (TPSA) is 17.1 Å². The summed E-state index contributed by atoms with van der Waals surface area (Å²) in [6, 6.07) is 20.1. The van der Waals surface area contributed by atoms with E-state index in [2.05, 4.69) is 0 Å². The fourth-order valence-electron chi connectivity index (χ4n) is 1.70. The molecule has 0 bridgehead atoms. The summed E-state index contributed by atoms with van der Waals surface area (Å²) in [7, 11) is -0.959. The first-order valence-corrected chi connectivity index (χ1v) is 7.04. The molecule has 0 aromatic heterocycles. The lowest BCUT2D eigenvalue weighted by molar-refractivity contribution is 0.692. The van der Waals surface area contributed by atoms with Gasteiger partial charge in [-0.05, 0) is 16.7 Å². The van der Waals surface area contributed by atoms with Gasteiger partial charge in [-0.25, -0.2) is 0 Å². The Bertz CT molecular complexity index is 488. The van der Waals surface area contributed by atoms with Crippen LogP contribution in [0.5, 0.6) is 0 Å². The first-order valence-electron chi connectivity index (χ1n) is 5.42. The van der Waals surface area contributed by atoms with Crippen LogP contribution in [0.3, 0.4) is 0 Å². The van der Waals surface area contributed by atoms with Gasteiger partial charge >= 0.3 is 0 Å². The molecule has 0 saturated heterocycles. The van der Waals surface area contributed by atoms with Crippen LogP contribution in [-0.2, 0) is 10.8 Å². The van der Waals surface area contributed by atoms with E-state index in [0.29, 0.717) is 0 Å². The molecule has 1 atom stereocenters. The summed E-state index contributed by atoms with van der Waals surface area (Å²) < 4.78 is 11.4. The van der Waals surface area contributed by atoms with Gasteiger partial charge in [0.25, 0.3) is 0 Å². The zero-order valence-corrected chi connectivity index (χ0v) is 10.5. The summed E-state index contributed by atoms with van der Waals surface area (Å²) >= 11 is 0. The molecule has 0 amide bonds. The summed E-state index contributed by atoms with van der Waals surface area (Å²) in [6.07, 6.45) is 1.69. The third kappa shape index (κ3) is 3.14. The van der Waals surface area contributed by atoms with Gasteiger partial charge in [0.1, 0.15) is 0 Å². The van der Waals surface area contributed by atoms with Gasteiger partial charge in [-0.2, -0.15) is 0 Å². The van der Waals surface area contributed by atoms with Crippen LogP contribution in [-0.4, -0.2) is 10.5 Å². The summed E-state index contributed by atoms with van der Waals surface area (Å²) in [5.74, 6) is 0. The van der Waals surface area contributed by atoms with Gasteiger partial charge in [-0.3, -0.25) is 4.21 Å². The van der Waals surface area contributed by atoms with Crippen LogP contribution in [0.1, 0.15) is 11.1 Å². The van der Waals surface area contributed by atoms with E-state index in [4.69, 9.17) is 0 Å². The Labute approximate surface area is 104 Å². The maximum Gasteiger partial charge on any atom is 0.0431 e. The fourth-order valence-corrected chi connectivity index (χ4v) is 2.31. The van der Waals surface area contributed by atoms with Crippen molar-refractivity contribution in [2.24, 2.45) is 0 Å². The highest BCUT2D eigenvalue weighted by Crippen LogP contribution is 2.23. The predicted octanol–water partition coefficient (Wildman–Crippen LogP) is 3.45. The second-order valence-electron chi connectivity index (χ2n) is 3.76. The fraction of sp³-hybridized carbons (Fsp3) is 0.0667. The molecule has 0 fully saturated rings. The average molecular weight is 242 g/mol. The first kappa shape index (κ1) is 11.8. The molecule has 1 unspecified atom stereocenters. The normalized spacial score (nSPS) is 11.8. The molecule has 86 valence electrons. The molecule has 0 aliphatic rings. The van der Waals surface area contributed by atoms with Crippen molar-refractivity contribution in [3.8, 4) is 0 Å². The number of rotatable bonds is 3. The SMILES string of the molecule is CS(=O)C=C(c1ccccc1)c1ccccc1. The molecule has 0 aliphatic carbocycles. The molecular weight excluding hydrogens is 228 g/mol. The van der Waals surface area contributed by atoms with Gasteiger partial charge in [0.15, 0.2) is 0 Å². The Morgan fingerprint density at radius 2 is 1.29 bits per heavy atom. The molecule has 0 saturated carbocycles. The largest absolute Gasteiger partial charge is 0.255 e. The molecule has 2 heteroatoms. The van der Waals surface area contributed by atoms with Crippen molar-refractivity contribution in [3.05, 3.63) is 77.2 Å². The van der Waals surface area contributed by atoms with Crippen molar-refractivity contribution < 1.29 is 4.21 Å². The number of hydrogen-bond acceptors (Lipinski definition) is 1. The minimum Gasteiger partial charge on any atom is -0.255 e. The second kappa shape index (κ2) is 5.60. The van der Waals surface area contributed by atoms with Gasteiger partial charge in [-0.1, -0.05) is 60.7 Å². The highest BCUT2D eigenvalue weighted by atomic mass is 32.2. The standard InChI is InChI=1S/C15H14OS/c1-17(16)12-15(13-8-4-2-5-9-13)14-10-6-3-7-11-14/h2-12H,1H3. The van der Waals surface area contributed by atoms with Crippen LogP contribution < -0.4 is 0 Å². The highest BCUT2D eigenvalue weighted by molar-refractivity contribution is 7.87. The minimum atomic E-state index is -0.959. The number of benzene rings is 2. The maximum atomic E-state index is 11.4. The van der Waals surface area contributed by atoms with E-state index in [1.807, 2.05) is 60.7 Å². The Kier molecular flexibility index (Phi) is 3.89. The molecule has 1 nitrogen and oxygen atoms in total. The van der Waals surface area contributed by atoms with Crippen molar-refractivity contribution in [2.45, 2.75) is 0 Å². The van der Waals surface area contributed by atoms with Gasteiger partial charge < -0.3 is 0 Å². The first-order chi connectivity index (χ1) is 8.27. The molecule has 0 N–H and O–H groups in total. The van der Waals surface area contributed by atoms with Crippen LogP contribution in [0.15, 0.2) is 66.1 Å². The lowest BCUT2D eigenvalue weighted by Crippen LogP contribution is -1.90. The minimum absolute atomic E-state index is 0.959. The van der Waals surface area contributed by atoms with E-state index < -0.39 is 10.8 Å². The van der Waals surface area contributed by atoms with Crippen molar-refractivity contribution >= 4 is 16.4 Å². The third-order valence-corrected chi connectivity index (χ3v) is 3.02. The zero-order valence-electron chi connectivity index (χ0n) is 9.67. The second-order valence-corrected chi connectivity index (χ2v) is 5.00. The van der Waals surface area contributed by atoms with E-state index in [9.17, 15) is 4.21 Å². The van der Waals surface area contributed by atoms with Crippen molar-refractivity contribution in [2.75, 3.05) is 6.26 Å². The van der Waals surface area contributed by atoms with E-state index in [0.717, 1.165) is 16.7 Å². The summed E-state index contributed by atoms with van der Waals surface area (Å²) in [4.78, 5) is 0. The Hall–Kier alpha value is -1.67. The molecule has 17 heavy (non-hydrogen) atoms. The maximum absolute atomic E-state index is 11.4. The Morgan fingerprint density at radius 1 is 0.882 bits per heavy atom. The highest BCUT2D eigenvalue weighted by Gasteiger charge is 2.04. The summed E-state index contributed by atoms with van der Waals surface area (Å²) in [5.41, 5.74) is 3.20. The third-order valence-electron chi connectivity index (χ3n) is 2.45. The molecule has 2 aromatic rings. The van der Waals surface area contributed by atoms with Gasteiger partial charge in [0.05, 0.1) is 0 Å². The molecule has 2 aromatic carbocycles. The predicted molar refractivity (Wildman–Crippen MR) is 74.0 cm³/mol. The molecular formula is C15H14OS.